The predicted octanol–water partition coefficient (Wildman–Crippen LogP) is 2.77. The van der Waals surface area contributed by atoms with Gasteiger partial charge in [0.15, 0.2) is 0 Å². The van der Waals surface area contributed by atoms with Crippen LogP contribution in [0.3, 0.4) is 0 Å². The van der Waals surface area contributed by atoms with Gasteiger partial charge in [0, 0.05) is 18.7 Å². The summed E-state index contributed by atoms with van der Waals surface area (Å²) >= 11 is 0. The van der Waals surface area contributed by atoms with Gasteiger partial charge < -0.3 is 15.5 Å². The van der Waals surface area contributed by atoms with Gasteiger partial charge in [-0.2, -0.15) is 0 Å². The van der Waals surface area contributed by atoms with Crippen LogP contribution in [0.4, 0.5) is 0 Å². The molecule has 1 aliphatic carbocycles. The standard InChI is InChI=1S/C16H25NO2/c1-16(2,3)15(8-9-18)17-14-7-4-11-10-12(19)5-6-13(11)14/h5-6,10,14-15,17-19H,4,7-9H2,1-3H3. The van der Waals surface area contributed by atoms with Crippen molar-refractivity contribution < 1.29 is 10.2 Å². The third-order valence-electron chi connectivity index (χ3n) is 4.07. The molecule has 0 bridgehead atoms. The second-order valence-electron chi connectivity index (χ2n) is 6.57. The summed E-state index contributed by atoms with van der Waals surface area (Å²) in [5, 5.41) is 22.4. The van der Waals surface area contributed by atoms with Crippen LogP contribution in [0.25, 0.3) is 0 Å². The second kappa shape index (κ2) is 5.51. The fourth-order valence-corrected chi connectivity index (χ4v) is 2.92. The summed E-state index contributed by atoms with van der Waals surface area (Å²) in [5.74, 6) is 0.349. The number of hydrogen-bond acceptors (Lipinski definition) is 3. The van der Waals surface area contributed by atoms with Crippen LogP contribution < -0.4 is 5.32 Å². The van der Waals surface area contributed by atoms with Gasteiger partial charge in [0.2, 0.25) is 0 Å². The van der Waals surface area contributed by atoms with Gasteiger partial charge in [0.25, 0.3) is 0 Å². The highest BCUT2D eigenvalue weighted by atomic mass is 16.3. The van der Waals surface area contributed by atoms with E-state index in [-0.39, 0.29) is 12.0 Å². The van der Waals surface area contributed by atoms with Gasteiger partial charge in [0.1, 0.15) is 5.75 Å². The van der Waals surface area contributed by atoms with Crippen LogP contribution in [0.5, 0.6) is 5.75 Å². The molecule has 0 amide bonds. The molecule has 0 saturated heterocycles. The minimum atomic E-state index is 0.127. The zero-order chi connectivity index (χ0) is 14.0. The predicted molar refractivity (Wildman–Crippen MR) is 77.3 cm³/mol. The Morgan fingerprint density at radius 2 is 2.11 bits per heavy atom. The fourth-order valence-electron chi connectivity index (χ4n) is 2.92. The van der Waals surface area contributed by atoms with Crippen LogP contribution in [0, 0.1) is 5.41 Å². The highest BCUT2D eigenvalue weighted by Crippen LogP contribution is 2.35. The monoisotopic (exact) mass is 263 g/mol. The van der Waals surface area contributed by atoms with Gasteiger partial charge in [-0.05, 0) is 47.9 Å². The van der Waals surface area contributed by atoms with Crippen LogP contribution in [0.15, 0.2) is 18.2 Å². The van der Waals surface area contributed by atoms with Gasteiger partial charge in [0.05, 0.1) is 0 Å². The van der Waals surface area contributed by atoms with E-state index in [9.17, 15) is 10.2 Å². The zero-order valence-electron chi connectivity index (χ0n) is 12.1. The first-order valence-electron chi connectivity index (χ1n) is 7.10. The van der Waals surface area contributed by atoms with Gasteiger partial charge >= 0.3 is 0 Å². The highest BCUT2D eigenvalue weighted by molar-refractivity contribution is 5.40. The highest BCUT2D eigenvalue weighted by Gasteiger charge is 2.30. The minimum Gasteiger partial charge on any atom is -0.508 e. The average Bonchev–Trinajstić information content (AvgIpc) is 2.70. The van der Waals surface area contributed by atoms with E-state index in [0.29, 0.717) is 17.8 Å². The molecule has 1 aliphatic rings. The van der Waals surface area contributed by atoms with E-state index in [4.69, 9.17) is 0 Å². The van der Waals surface area contributed by atoms with Crippen molar-refractivity contribution in [1.29, 1.82) is 0 Å². The summed E-state index contributed by atoms with van der Waals surface area (Å²) in [7, 11) is 0. The van der Waals surface area contributed by atoms with Crippen LogP contribution in [0.1, 0.15) is 50.8 Å². The Kier molecular flexibility index (Phi) is 4.16. The molecule has 106 valence electrons. The van der Waals surface area contributed by atoms with Crippen molar-refractivity contribution in [3.63, 3.8) is 0 Å². The molecule has 3 heteroatoms. The van der Waals surface area contributed by atoms with E-state index in [1.807, 2.05) is 12.1 Å². The van der Waals surface area contributed by atoms with Crippen molar-refractivity contribution in [3.8, 4) is 5.75 Å². The van der Waals surface area contributed by atoms with Crippen LogP contribution in [0.2, 0.25) is 0 Å². The lowest BCUT2D eigenvalue weighted by molar-refractivity contribution is 0.185. The molecule has 1 aromatic carbocycles. The summed E-state index contributed by atoms with van der Waals surface area (Å²) in [6.45, 7) is 6.82. The number of phenols is 1. The van der Waals surface area contributed by atoms with E-state index >= 15 is 0 Å². The smallest absolute Gasteiger partial charge is 0.115 e. The van der Waals surface area contributed by atoms with Crippen molar-refractivity contribution in [2.45, 2.75) is 52.1 Å². The first-order valence-corrected chi connectivity index (χ1v) is 7.10. The minimum absolute atomic E-state index is 0.127. The maximum atomic E-state index is 9.52. The molecular formula is C16H25NO2. The normalized spacial score (nSPS) is 20.3. The van der Waals surface area contributed by atoms with Crippen molar-refractivity contribution in [3.05, 3.63) is 29.3 Å². The molecular weight excluding hydrogens is 238 g/mol. The SMILES string of the molecule is CC(C)(C)C(CCO)NC1CCc2cc(O)ccc21. The molecule has 0 saturated carbocycles. The van der Waals surface area contributed by atoms with Gasteiger partial charge in [-0.1, -0.05) is 26.8 Å². The van der Waals surface area contributed by atoms with Crippen LogP contribution in [-0.4, -0.2) is 22.9 Å². The number of rotatable bonds is 4. The molecule has 0 aliphatic heterocycles. The quantitative estimate of drug-likeness (QED) is 0.783. The maximum Gasteiger partial charge on any atom is 0.115 e. The number of nitrogens with one attached hydrogen (secondary N) is 1. The summed E-state index contributed by atoms with van der Waals surface area (Å²) in [5.41, 5.74) is 2.67. The van der Waals surface area contributed by atoms with Crippen molar-refractivity contribution in [1.82, 2.24) is 5.32 Å². The van der Waals surface area contributed by atoms with E-state index in [1.54, 1.807) is 6.07 Å². The first-order chi connectivity index (χ1) is 8.91. The molecule has 0 radical (unpaired) electrons. The molecule has 1 aromatic rings. The summed E-state index contributed by atoms with van der Waals surface area (Å²) < 4.78 is 0. The largest absolute Gasteiger partial charge is 0.508 e. The van der Waals surface area contributed by atoms with Crippen molar-refractivity contribution in [2.24, 2.45) is 5.41 Å². The van der Waals surface area contributed by atoms with E-state index in [2.05, 4.69) is 26.1 Å². The molecule has 0 heterocycles. The fraction of sp³-hybridized carbons (Fsp3) is 0.625. The topological polar surface area (TPSA) is 52.5 Å². The lowest BCUT2D eigenvalue weighted by Gasteiger charge is -2.34. The molecule has 0 aromatic heterocycles. The molecule has 0 spiro atoms. The lowest BCUT2D eigenvalue weighted by Crippen LogP contribution is -2.42. The molecule has 2 unspecified atom stereocenters. The van der Waals surface area contributed by atoms with E-state index in [0.717, 1.165) is 19.3 Å². The Labute approximate surface area is 115 Å². The lowest BCUT2D eigenvalue weighted by atomic mass is 9.84. The second-order valence-corrected chi connectivity index (χ2v) is 6.57. The number of fused-ring (bicyclic) bond motifs is 1. The third kappa shape index (κ3) is 3.28. The summed E-state index contributed by atoms with van der Waals surface area (Å²) in [6.07, 6.45) is 2.85. The van der Waals surface area contributed by atoms with Gasteiger partial charge in [-0.25, -0.2) is 0 Å². The Balaban J connectivity index is 2.13. The summed E-state index contributed by atoms with van der Waals surface area (Å²) in [4.78, 5) is 0. The van der Waals surface area contributed by atoms with E-state index in [1.165, 1.54) is 11.1 Å². The Bertz CT molecular complexity index is 437. The van der Waals surface area contributed by atoms with Crippen LogP contribution in [-0.2, 0) is 6.42 Å². The number of hydrogen-bond donors (Lipinski definition) is 3. The number of aliphatic hydroxyl groups is 1. The Morgan fingerprint density at radius 1 is 1.37 bits per heavy atom. The molecule has 3 N–H and O–H groups in total. The average molecular weight is 263 g/mol. The zero-order valence-corrected chi connectivity index (χ0v) is 12.1. The Morgan fingerprint density at radius 3 is 2.74 bits per heavy atom. The number of phenolic OH excluding ortho intramolecular Hbond substituents is 1. The first kappa shape index (κ1) is 14.4. The molecule has 2 rings (SSSR count). The summed E-state index contributed by atoms with van der Waals surface area (Å²) in [6, 6.07) is 6.29. The van der Waals surface area contributed by atoms with Gasteiger partial charge in [-0.3, -0.25) is 0 Å². The number of benzene rings is 1. The third-order valence-corrected chi connectivity index (χ3v) is 4.07. The molecule has 0 fully saturated rings. The number of aliphatic hydroxyl groups excluding tert-OH is 1. The van der Waals surface area contributed by atoms with Crippen LogP contribution >= 0.6 is 0 Å². The van der Waals surface area contributed by atoms with Crippen molar-refractivity contribution >= 4 is 0 Å². The molecule has 3 nitrogen and oxygen atoms in total. The number of aryl methyl sites for hydroxylation is 1. The van der Waals surface area contributed by atoms with E-state index < -0.39 is 0 Å². The number of aromatic hydroxyl groups is 1. The molecule has 2 atom stereocenters. The molecule has 19 heavy (non-hydrogen) atoms. The van der Waals surface area contributed by atoms with Gasteiger partial charge in [-0.15, -0.1) is 0 Å². The maximum absolute atomic E-state index is 9.52. The van der Waals surface area contributed by atoms with Crippen molar-refractivity contribution in [2.75, 3.05) is 6.61 Å². The Hall–Kier alpha value is -1.06.